The van der Waals surface area contributed by atoms with E-state index in [0.29, 0.717) is 11.4 Å². The third-order valence-electron chi connectivity index (χ3n) is 2.46. The molecule has 0 atom stereocenters. The van der Waals surface area contributed by atoms with Gasteiger partial charge in [0.25, 0.3) is 10.0 Å². The Morgan fingerprint density at radius 1 is 1.30 bits per heavy atom. The molecular formula is C12H12ClN3O3S. The van der Waals surface area contributed by atoms with Crippen LogP contribution in [0.5, 0.6) is 5.75 Å². The predicted octanol–water partition coefficient (Wildman–Crippen LogP) is 2.13. The zero-order valence-corrected chi connectivity index (χ0v) is 12.1. The molecule has 1 aromatic heterocycles. The minimum atomic E-state index is -3.80. The molecule has 0 radical (unpaired) electrons. The van der Waals surface area contributed by atoms with Crippen molar-refractivity contribution in [1.29, 1.82) is 0 Å². The van der Waals surface area contributed by atoms with Crippen molar-refractivity contribution in [3.8, 4) is 5.75 Å². The van der Waals surface area contributed by atoms with Crippen LogP contribution in [0, 0.1) is 0 Å². The highest BCUT2D eigenvalue weighted by molar-refractivity contribution is 7.92. The lowest BCUT2D eigenvalue weighted by atomic mass is 10.3. The second-order valence-electron chi connectivity index (χ2n) is 3.89. The fourth-order valence-corrected chi connectivity index (χ4v) is 2.86. The Labute approximate surface area is 121 Å². The monoisotopic (exact) mass is 313 g/mol. The van der Waals surface area contributed by atoms with Crippen molar-refractivity contribution in [3.05, 3.63) is 41.7 Å². The summed E-state index contributed by atoms with van der Waals surface area (Å²) in [4.78, 5) is 3.79. The largest absolute Gasteiger partial charge is 0.495 e. The van der Waals surface area contributed by atoms with Gasteiger partial charge in [-0.2, -0.15) is 0 Å². The van der Waals surface area contributed by atoms with Gasteiger partial charge in [0.05, 0.1) is 19.0 Å². The van der Waals surface area contributed by atoms with Gasteiger partial charge < -0.3 is 10.5 Å². The summed E-state index contributed by atoms with van der Waals surface area (Å²) in [6.45, 7) is 0. The zero-order chi connectivity index (χ0) is 14.8. The van der Waals surface area contributed by atoms with Crippen molar-refractivity contribution in [1.82, 2.24) is 4.98 Å². The average molecular weight is 314 g/mol. The molecule has 2 rings (SSSR count). The van der Waals surface area contributed by atoms with Crippen LogP contribution in [0.3, 0.4) is 0 Å². The summed E-state index contributed by atoms with van der Waals surface area (Å²) in [5, 5.41) is 0.276. The summed E-state index contributed by atoms with van der Waals surface area (Å²) >= 11 is 5.64. The minimum absolute atomic E-state index is 0.0100. The topological polar surface area (TPSA) is 94.3 Å². The van der Waals surface area contributed by atoms with Crippen LogP contribution in [0.15, 0.2) is 41.4 Å². The van der Waals surface area contributed by atoms with Crippen molar-refractivity contribution >= 4 is 33.0 Å². The highest BCUT2D eigenvalue weighted by Crippen LogP contribution is 2.27. The van der Waals surface area contributed by atoms with Crippen LogP contribution in [0.25, 0.3) is 0 Å². The summed E-state index contributed by atoms with van der Waals surface area (Å²) in [5.74, 6) is 0.166. The number of benzene rings is 1. The van der Waals surface area contributed by atoms with Crippen LogP contribution < -0.4 is 15.2 Å². The second kappa shape index (κ2) is 5.56. The molecule has 106 valence electrons. The number of hydrogen-bond acceptors (Lipinski definition) is 5. The maximum Gasteiger partial charge on any atom is 0.265 e. The summed E-state index contributed by atoms with van der Waals surface area (Å²) in [6, 6.07) is 7.29. The molecule has 0 aliphatic carbocycles. The number of nitrogens with zero attached hydrogens (tertiary/aromatic N) is 1. The van der Waals surface area contributed by atoms with Gasteiger partial charge in [0, 0.05) is 11.8 Å². The Morgan fingerprint density at radius 2 is 2.05 bits per heavy atom. The molecular weight excluding hydrogens is 302 g/mol. The molecule has 0 aliphatic rings. The Kier molecular flexibility index (Phi) is 4.01. The fraction of sp³-hybridized carbons (Fsp3) is 0.0833. The first-order valence-corrected chi connectivity index (χ1v) is 7.36. The van der Waals surface area contributed by atoms with Crippen molar-refractivity contribution in [2.45, 2.75) is 4.90 Å². The smallest absolute Gasteiger partial charge is 0.265 e. The molecule has 0 saturated heterocycles. The number of sulfonamides is 1. The number of nitrogen functional groups attached to an aromatic ring is 1. The molecule has 2 aromatic rings. The molecule has 1 heterocycles. The highest BCUT2D eigenvalue weighted by Gasteiger charge is 2.19. The predicted molar refractivity (Wildman–Crippen MR) is 77.5 cm³/mol. The lowest BCUT2D eigenvalue weighted by molar-refractivity contribution is 0.403. The third kappa shape index (κ3) is 3.12. The molecule has 0 aliphatic heterocycles. The second-order valence-corrected chi connectivity index (χ2v) is 5.92. The summed E-state index contributed by atoms with van der Waals surface area (Å²) < 4.78 is 32.0. The Balaban J connectivity index is 2.38. The van der Waals surface area contributed by atoms with Gasteiger partial charge in [-0.05, 0) is 24.3 Å². The van der Waals surface area contributed by atoms with Crippen LogP contribution in [0.1, 0.15) is 0 Å². The van der Waals surface area contributed by atoms with E-state index in [9.17, 15) is 8.42 Å². The van der Waals surface area contributed by atoms with E-state index in [0.717, 1.165) is 0 Å². The van der Waals surface area contributed by atoms with Crippen LogP contribution in [-0.4, -0.2) is 20.5 Å². The first-order valence-electron chi connectivity index (χ1n) is 5.50. The van der Waals surface area contributed by atoms with Crippen molar-refractivity contribution in [3.63, 3.8) is 0 Å². The third-order valence-corrected chi connectivity index (χ3v) is 4.10. The lowest BCUT2D eigenvalue weighted by Gasteiger charge is -2.11. The maximum atomic E-state index is 12.3. The van der Waals surface area contributed by atoms with E-state index in [1.54, 1.807) is 0 Å². The number of hydrogen-bond donors (Lipinski definition) is 2. The lowest BCUT2D eigenvalue weighted by Crippen LogP contribution is -2.14. The Hall–Kier alpha value is -1.99. The molecule has 8 heteroatoms. The number of nitrogens with one attached hydrogen (secondary N) is 1. The Morgan fingerprint density at radius 3 is 2.65 bits per heavy atom. The van der Waals surface area contributed by atoms with Gasteiger partial charge in [0.2, 0.25) is 0 Å². The fourth-order valence-electron chi connectivity index (χ4n) is 1.55. The zero-order valence-electron chi connectivity index (χ0n) is 10.5. The first kappa shape index (κ1) is 14.4. The van der Waals surface area contributed by atoms with Crippen LogP contribution in [0.2, 0.25) is 5.15 Å². The number of methoxy groups -OCH3 is 1. The van der Waals surface area contributed by atoms with Crippen molar-refractivity contribution < 1.29 is 13.2 Å². The molecule has 0 unspecified atom stereocenters. The average Bonchev–Trinajstić information content (AvgIpc) is 2.40. The number of pyridine rings is 1. The van der Waals surface area contributed by atoms with Gasteiger partial charge in [-0.1, -0.05) is 11.6 Å². The van der Waals surface area contributed by atoms with Crippen LogP contribution in [-0.2, 0) is 10.0 Å². The first-order chi connectivity index (χ1) is 9.42. The SMILES string of the molecule is COc1cc(N)ccc1S(=O)(=O)Nc1ccc(Cl)nc1. The highest BCUT2D eigenvalue weighted by atomic mass is 35.5. The number of aromatic nitrogens is 1. The molecule has 0 fully saturated rings. The van der Waals surface area contributed by atoms with E-state index in [1.807, 2.05) is 0 Å². The van der Waals surface area contributed by atoms with Crippen molar-refractivity contribution in [2.75, 3.05) is 17.6 Å². The van der Waals surface area contributed by atoms with Crippen molar-refractivity contribution in [2.24, 2.45) is 0 Å². The van der Waals surface area contributed by atoms with E-state index in [1.165, 1.54) is 43.6 Å². The van der Waals surface area contributed by atoms with E-state index < -0.39 is 10.0 Å². The summed E-state index contributed by atoms with van der Waals surface area (Å²) in [6.07, 6.45) is 1.32. The van der Waals surface area contributed by atoms with Gasteiger partial charge >= 0.3 is 0 Å². The molecule has 0 amide bonds. The number of ether oxygens (including phenoxy) is 1. The molecule has 0 bridgehead atoms. The molecule has 1 aromatic carbocycles. The van der Waals surface area contributed by atoms with E-state index in [4.69, 9.17) is 22.1 Å². The van der Waals surface area contributed by atoms with E-state index in [-0.39, 0.29) is 15.8 Å². The quantitative estimate of drug-likeness (QED) is 0.666. The van der Waals surface area contributed by atoms with Gasteiger partial charge in [0.1, 0.15) is 15.8 Å². The molecule has 20 heavy (non-hydrogen) atoms. The molecule has 6 nitrogen and oxygen atoms in total. The standard InChI is InChI=1S/C12H12ClN3O3S/c1-19-10-6-8(14)2-4-11(10)20(17,18)16-9-3-5-12(13)15-7-9/h2-7,16H,14H2,1H3. The number of anilines is 2. The van der Waals surface area contributed by atoms with E-state index in [2.05, 4.69) is 9.71 Å². The van der Waals surface area contributed by atoms with Gasteiger partial charge in [0.15, 0.2) is 0 Å². The molecule has 3 N–H and O–H groups in total. The number of nitrogens with two attached hydrogens (primary N) is 1. The minimum Gasteiger partial charge on any atom is -0.495 e. The molecule has 0 spiro atoms. The normalized spacial score (nSPS) is 11.1. The van der Waals surface area contributed by atoms with Crippen LogP contribution in [0.4, 0.5) is 11.4 Å². The van der Waals surface area contributed by atoms with Gasteiger partial charge in [-0.15, -0.1) is 0 Å². The number of rotatable bonds is 4. The van der Waals surface area contributed by atoms with E-state index >= 15 is 0 Å². The van der Waals surface area contributed by atoms with Crippen LogP contribution >= 0.6 is 11.6 Å². The van der Waals surface area contributed by atoms with Gasteiger partial charge in [-0.3, -0.25) is 4.72 Å². The summed E-state index contributed by atoms with van der Waals surface area (Å²) in [7, 11) is -2.43. The number of halogens is 1. The van der Waals surface area contributed by atoms with Gasteiger partial charge in [-0.25, -0.2) is 13.4 Å². The summed E-state index contributed by atoms with van der Waals surface area (Å²) in [5.41, 5.74) is 6.31. The molecule has 0 saturated carbocycles. The maximum absolute atomic E-state index is 12.3. The Bertz CT molecular complexity index is 717.